The minimum absolute atomic E-state index is 0.100. The molecule has 4 nitrogen and oxygen atoms in total. The normalized spacial score (nSPS) is 9.86. The average Bonchev–Trinajstić information content (AvgIpc) is 2.19. The zero-order valence-electron chi connectivity index (χ0n) is 7.99. The van der Waals surface area contributed by atoms with Crippen LogP contribution in [0.15, 0.2) is 23.2 Å². The van der Waals surface area contributed by atoms with Gasteiger partial charge >= 0.3 is 0 Å². The molecule has 0 fully saturated rings. The molecule has 0 unspecified atom stereocenters. The van der Waals surface area contributed by atoms with Crippen LogP contribution in [0.2, 0.25) is 0 Å². The molecule has 0 spiro atoms. The van der Waals surface area contributed by atoms with Crippen molar-refractivity contribution in [2.24, 2.45) is 5.73 Å². The number of nitrogens with one attached hydrogen (secondary N) is 1. The Morgan fingerprint density at radius 2 is 2.43 bits per heavy atom. The molecular weight excluding hydrogens is 198 g/mol. The summed E-state index contributed by atoms with van der Waals surface area (Å²) in [6.45, 7) is 0.356. The minimum Gasteiger partial charge on any atom is -0.330 e. The van der Waals surface area contributed by atoms with Crippen molar-refractivity contribution >= 4 is 23.5 Å². The van der Waals surface area contributed by atoms with E-state index >= 15 is 0 Å². The van der Waals surface area contributed by atoms with Gasteiger partial charge in [-0.2, -0.15) is 0 Å². The van der Waals surface area contributed by atoms with Crippen LogP contribution in [0.1, 0.15) is 6.42 Å². The molecule has 0 bridgehead atoms. The molecule has 0 atom stereocenters. The number of hydrogen-bond donors (Lipinski definition) is 2. The molecule has 3 N–H and O–H groups in total. The molecule has 1 amide bonds. The van der Waals surface area contributed by atoms with Crippen LogP contribution in [0, 0.1) is 0 Å². The molecule has 0 aliphatic rings. The maximum absolute atomic E-state index is 11.1. The lowest BCUT2D eigenvalue weighted by Crippen LogP contribution is -2.16. The van der Waals surface area contributed by atoms with Gasteiger partial charge in [-0.25, -0.2) is 4.98 Å². The fourth-order valence-corrected chi connectivity index (χ4v) is 1.27. The van der Waals surface area contributed by atoms with Crippen LogP contribution in [0.5, 0.6) is 0 Å². The highest BCUT2D eigenvalue weighted by Gasteiger charge is 2.01. The fraction of sp³-hybridized carbons (Fsp3) is 0.333. The van der Waals surface area contributed by atoms with Gasteiger partial charge in [0.15, 0.2) is 0 Å². The summed E-state index contributed by atoms with van der Waals surface area (Å²) >= 11 is 1.61. The van der Waals surface area contributed by atoms with Gasteiger partial charge in [-0.05, 0) is 18.4 Å². The first-order chi connectivity index (χ1) is 6.76. The third kappa shape index (κ3) is 3.35. The lowest BCUT2D eigenvalue weighted by atomic mass is 10.4. The first-order valence-corrected chi connectivity index (χ1v) is 5.48. The van der Waals surface area contributed by atoms with Gasteiger partial charge in [0, 0.05) is 24.1 Å². The molecule has 0 aliphatic heterocycles. The van der Waals surface area contributed by atoms with Crippen molar-refractivity contribution in [3.63, 3.8) is 0 Å². The molecule has 0 radical (unpaired) electrons. The highest BCUT2D eigenvalue weighted by molar-refractivity contribution is 7.98. The van der Waals surface area contributed by atoms with Gasteiger partial charge in [0.2, 0.25) is 5.91 Å². The van der Waals surface area contributed by atoms with Crippen molar-refractivity contribution in [2.75, 3.05) is 18.1 Å². The second kappa shape index (κ2) is 5.62. The van der Waals surface area contributed by atoms with E-state index in [0.717, 1.165) is 4.90 Å². The van der Waals surface area contributed by atoms with E-state index in [0.29, 0.717) is 18.8 Å². The van der Waals surface area contributed by atoms with Gasteiger partial charge < -0.3 is 11.1 Å². The van der Waals surface area contributed by atoms with Gasteiger partial charge in [0.1, 0.15) is 5.82 Å². The molecule has 1 rings (SSSR count). The van der Waals surface area contributed by atoms with E-state index in [1.807, 2.05) is 12.3 Å². The Balaban J connectivity index is 2.55. The zero-order chi connectivity index (χ0) is 10.4. The maximum atomic E-state index is 11.1. The Hall–Kier alpha value is -1.07. The van der Waals surface area contributed by atoms with E-state index in [1.165, 1.54) is 0 Å². The number of carbonyl (C=O) groups is 1. The van der Waals surface area contributed by atoms with Crippen LogP contribution >= 0.6 is 11.8 Å². The van der Waals surface area contributed by atoms with Gasteiger partial charge in [-0.15, -0.1) is 11.8 Å². The number of hydrogen-bond acceptors (Lipinski definition) is 4. The van der Waals surface area contributed by atoms with Gasteiger partial charge in [-0.3, -0.25) is 4.79 Å². The summed E-state index contributed by atoms with van der Waals surface area (Å²) in [6, 6.07) is 3.69. The summed E-state index contributed by atoms with van der Waals surface area (Å²) in [5, 5.41) is 2.65. The average molecular weight is 211 g/mol. The summed E-state index contributed by atoms with van der Waals surface area (Å²) in [7, 11) is 0. The molecule has 0 saturated heterocycles. The van der Waals surface area contributed by atoms with Gasteiger partial charge in [0.05, 0.1) is 0 Å². The highest BCUT2D eigenvalue weighted by atomic mass is 32.2. The standard InChI is InChI=1S/C9H13N3OS/c1-14-7-2-3-8(11-6-7)12-9(13)4-5-10/h2-3,6H,4-5,10H2,1H3,(H,11,12,13). The molecule has 14 heavy (non-hydrogen) atoms. The number of amides is 1. The smallest absolute Gasteiger partial charge is 0.226 e. The van der Waals surface area contributed by atoms with E-state index in [2.05, 4.69) is 10.3 Å². The summed E-state index contributed by atoms with van der Waals surface area (Å²) in [5.41, 5.74) is 5.24. The van der Waals surface area contributed by atoms with E-state index < -0.39 is 0 Å². The van der Waals surface area contributed by atoms with Crippen molar-refractivity contribution in [1.82, 2.24) is 4.98 Å². The molecule has 0 aliphatic carbocycles. The van der Waals surface area contributed by atoms with Crippen molar-refractivity contribution in [3.05, 3.63) is 18.3 Å². The number of thioether (sulfide) groups is 1. The third-order valence-electron chi connectivity index (χ3n) is 1.61. The van der Waals surface area contributed by atoms with Gasteiger partial charge in [0.25, 0.3) is 0 Å². The Morgan fingerprint density at radius 3 is 2.93 bits per heavy atom. The monoisotopic (exact) mass is 211 g/mol. The summed E-state index contributed by atoms with van der Waals surface area (Å²) in [6.07, 6.45) is 4.03. The molecule has 1 heterocycles. The Bertz CT molecular complexity index is 299. The number of carbonyl (C=O) groups excluding carboxylic acids is 1. The van der Waals surface area contributed by atoms with Crippen LogP contribution in [0.3, 0.4) is 0 Å². The first kappa shape index (κ1) is 11.0. The van der Waals surface area contributed by atoms with Crippen LogP contribution in [-0.4, -0.2) is 23.7 Å². The summed E-state index contributed by atoms with van der Waals surface area (Å²) in [5.74, 6) is 0.471. The van der Waals surface area contributed by atoms with Crippen LogP contribution in [-0.2, 0) is 4.79 Å². The van der Waals surface area contributed by atoms with Gasteiger partial charge in [-0.1, -0.05) is 0 Å². The zero-order valence-corrected chi connectivity index (χ0v) is 8.80. The second-order valence-electron chi connectivity index (χ2n) is 2.67. The lowest BCUT2D eigenvalue weighted by Gasteiger charge is -2.03. The van der Waals surface area contributed by atoms with E-state index in [9.17, 15) is 4.79 Å². The van der Waals surface area contributed by atoms with Crippen molar-refractivity contribution in [3.8, 4) is 0 Å². The second-order valence-corrected chi connectivity index (χ2v) is 3.55. The lowest BCUT2D eigenvalue weighted by molar-refractivity contribution is -0.116. The number of anilines is 1. The van der Waals surface area contributed by atoms with E-state index in [4.69, 9.17) is 5.73 Å². The predicted molar refractivity (Wildman–Crippen MR) is 58.3 cm³/mol. The van der Waals surface area contributed by atoms with Crippen molar-refractivity contribution in [1.29, 1.82) is 0 Å². The highest BCUT2D eigenvalue weighted by Crippen LogP contribution is 2.14. The number of aromatic nitrogens is 1. The number of nitrogens with zero attached hydrogens (tertiary/aromatic N) is 1. The summed E-state index contributed by atoms with van der Waals surface area (Å²) < 4.78 is 0. The van der Waals surface area contributed by atoms with E-state index in [-0.39, 0.29) is 5.91 Å². The SMILES string of the molecule is CSc1ccc(NC(=O)CCN)nc1. The van der Waals surface area contributed by atoms with E-state index in [1.54, 1.807) is 24.0 Å². The largest absolute Gasteiger partial charge is 0.330 e. The Labute approximate surface area is 87.3 Å². The number of pyridine rings is 1. The van der Waals surface area contributed by atoms with Crippen molar-refractivity contribution in [2.45, 2.75) is 11.3 Å². The number of rotatable bonds is 4. The molecule has 0 aromatic carbocycles. The Morgan fingerprint density at radius 1 is 1.64 bits per heavy atom. The molecule has 5 heteroatoms. The quantitative estimate of drug-likeness (QED) is 0.732. The molecule has 0 saturated carbocycles. The third-order valence-corrected chi connectivity index (χ3v) is 2.32. The molecule has 1 aromatic rings. The molecule has 1 aromatic heterocycles. The van der Waals surface area contributed by atoms with Crippen LogP contribution < -0.4 is 11.1 Å². The van der Waals surface area contributed by atoms with Crippen LogP contribution in [0.25, 0.3) is 0 Å². The predicted octanol–water partition coefficient (Wildman–Crippen LogP) is 1.09. The fourth-order valence-electron chi connectivity index (χ4n) is 0.911. The topological polar surface area (TPSA) is 68.0 Å². The molecule has 76 valence electrons. The molecular formula is C9H13N3OS. The minimum atomic E-state index is -0.100. The van der Waals surface area contributed by atoms with Crippen LogP contribution in [0.4, 0.5) is 5.82 Å². The number of nitrogens with two attached hydrogens (primary N) is 1. The van der Waals surface area contributed by atoms with Crippen molar-refractivity contribution < 1.29 is 4.79 Å². The maximum Gasteiger partial charge on any atom is 0.226 e. The Kier molecular flexibility index (Phi) is 4.42. The summed E-state index contributed by atoms with van der Waals surface area (Å²) in [4.78, 5) is 16.3. The first-order valence-electron chi connectivity index (χ1n) is 4.26.